The lowest BCUT2D eigenvalue weighted by Gasteiger charge is -2.04. The molecule has 3 aromatic rings. The molecule has 0 saturated heterocycles. The second-order valence-corrected chi connectivity index (χ2v) is 5.23. The largest absolute Gasteiger partial charge is 0.325 e. The Morgan fingerprint density at radius 1 is 1.10 bits per heavy atom. The van der Waals surface area contributed by atoms with E-state index in [0.717, 1.165) is 17.4 Å². The van der Waals surface area contributed by atoms with E-state index in [9.17, 15) is 13.6 Å². The van der Waals surface area contributed by atoms with Crippen LogP contribution in [0.5, 0.6) is 0 Å². The number of rotatable bonds is 2. The van der Waals surface area contributed by atoms with Gasteiger partial charge in [-0.25, -0.2) is 18.6 Å². The molecular weight excluding hydrogens is 296 g/mol. The number of halogens is 2. The molecule has 0 bridgehead atoms. The van der Waals surface area contributed by atoms with Crippen LogP contribution in [0.4, 0.5) is 24.4 Å². The van der Waals surface area contributed by atoms with Crippen LogP contribution in [0.3, 0.4) is 0 Å². The van der Waals surface area contributed by atoms with Crippen LogP contribution in [0, 0.1) is 11.6 Å². The second-order valence-electron chi connectivity index (χ2n) is 4.20. The maximum absolute atomic E-state index is 13.5. The summed E-state index contributed by atoms with van der Waals surface area (Å²) in [5.74, 6) is -1.43. The van der Waals surface area contributed by atoms with Gasteiger partial charge in [0.25, 0.3) is 0 Å². The van der Waals surface area contributed by atoms with Gasteiger partial charge in [-0.3, -0.25) is 5.32 Å². The highest BCUT2D eigenvalue weighted by molar-refractivity contribution is 7.22. The minimum Gasteiger partial charge on any atom is -0.308 e. The molecule has 0 atom stereocenters. The minimum absolute atomic E-state index is 0.0383. The number of anilines is 2. The Labute approximate surface area is 122 Å². The molecule has 0 radical (unpaired) electrons. The molecule has 106 valence electrons. The highest BCUT2D eigenvalue weighted by atomic mass is 32.1. The second kappa shape index (κ2) is 5.45. The van der Waals surface area contributed by atoms with Crippen molar-refractivity contribution in [3.8, 4) is 0 Å². The maximum atomic E-state index is 13.5. The molecule has 0 unspecified atom stereocenters. The van der Waals surface area contributed by atoms with Gasteiger partial charge in [-0.2, -0.15) is 0 Å². The zero-order valence-corrected chi connectivity index (χ0v) is 11.4. The molecule has 1 aromatic heterocycles. The molecule has 2 amide bonds. The normalized spacial score (nSPS) is 10.6. The number of carbonyl (C=O) groups is 1. The van der Waals surface area contributed by atoms with Crippen LogP contribution in [-0.2, 0) is 0 Å². The van der Waals surface area contributed by atoms with Crippen LogP contribution >= 0.6 is 11.3 Å². The average molecular weight is 305 g/mol. The summed E-state index contributed by atoms with van der Waals surface area (Å²) in [7, 11) is 0. The van der Waals surface area contributed by atoms with E-state index in [1.807, 2.05) is 6.07 Å². The monoisotopic (exact) mass is 305 g/mol. The quantitative estimate of drug-likeness (QED) is 0.745. The van der Waals surface area contributed by atoms with Gasteiger partial charge in [-0.15, -0.1) is 0 Å². The van der Waals surface area contributed by atoms with Gasteiger partial charge in [0.15, 0.2) is 10.9 Å². The SMILES string of the molecule is O=C(Nc1ccccc1)Nc1nc2c(F)cc(F)cc2s1. The molecule has 0 fully saturated rings. The van der Waals surface area contributed by atoms with Crippen molar-refractivity contribution in [1.82, 2.24) is 4.98 Å². The first-order valence-corrected chi connectivity index (χ1v) is 6.82. The predicted molar refractivity (Wildman–Crippen MR) is 78.6 cm³/mol. The van der Waals surface area contributed by atoms with Crippen molar-refractivity contribution in [1.29, 1.82) is 0 Å². The van der Waals surface area contributed by atoms with Gasteiger partial charge in [-0.1, -0.05) is 29.5 Å². The van der Waals surface area contributed by atoms with Crippen LogP contribution < -0.4 is 10.6 Å². The van der Waals surface area contributed by atoms with Crippen molar-refractivity contribution in [3.63, 3.8) is 0 Å². The van der Waals surface area contributed by atoms with Crippen molar-refractivity contribution < 1.29 is 13.6 Å². The number of fused-ring (bicyclic) bond motifs is 1. The van der Waals surface area contributed by atoms with E-state index >= 15 is 0 Å². The molecule has 0 aliphatic carbocycles. The molecule has 1 heterocycles. The molecule has 7 heteroatoms. The molecule has 21 heavy (non-hydrogen) atoms. The number of nitrogens with one attached hydrogen (secondary N) is 2. The molecule has 3 rings (SSSR count). The molecule has 0 aliphatic heterocycles. The van der Waals surface area contributed by atoms with Gasteiger partial charge in [-0.05, 0) is 18.2 Å². The number of urea groups is 1. The predicted octanol–water partition coefficient (Wildman–Crippen LogP) is 4.22. The van der Waals surface area contributed by atoms with Crippen LogP contribution in [0.15, 0.2) is 42.5 Å². The summed E-state index contributed by atoms with van der Waals surface area (Å²) in [6.45, 7) is 0. The van der Waals surface area contributed by atoms with Gasteiger partial charge >= 0.3 is 6.03 Å². The fourth-order valence-corrected chi connectivity index (χ4v) is 2.69. The van der Waals surface area contributed by atoms with E-state index in [1.54, 1.807) is 24.3 Å². The number of benzene rings is 2. The summed E-state index contributed by atoms with van der Waals surface area (Å²) in [4.78, 5) is 15.7. The molecule has 0 spiro atoms. The number of thiazole rings is 1. The molecule has 4 nitrogen and oxygen atoms in total. The topological polar surface area (TPSA) is 54.0 Å². The fraction of sp³-hybridized carbons (Fsp3) is 0. The summed E-state index contributed by atoms with van der Waals surface area (Å²) in [5, 5.41) is 5.30. The number of hydrogen-bond donors (Lipinski definition) is 2. The number of para-hydroxylation sites is 1. The van der Waals surface area contributed by atoms with E-state index in [1.165, 1.54) is 6.07 Å². The summed E-state index contributed by atoms with van der Waals surface area (Å²) in [5.41, 5.74) is 0.657. The van der Waals surface area contributed by atoms with Crippen molar-refractivity contribution in [2.75, 3.05) is 10.6 Å². The van der Waals surface area contributed by atoms with Gasteiger partial charge in [0.2, 0.25) is 0 Å². The Morgan fingerprint density at radius 2 is 1.86 bits per heavy atom. The van der Waals surface area contributed by atoms with Crippen LogP contribution in [-0.4, -0.2) is 11.0 Å². The number of hydrogen-bond acceptors (Lipinski definition) is 3. The van der Waals surface area contributed by atoms with Gasteiger partial charge in [0.1, 0.15) is 11.3 Å². The maximum Gasteiger partial charge on any atom is 0.325 e. The van der Waals surface area contributed by atoms with Gasteiger partial charge < -0.3 is 5.32 Å². The van der Waals surface area contributed by atoms with Crippen LogP contribution in [0.2, 0.25) is 0 Å². The van der Waals surface area contributed by atoms with Gasteiger partial charge in [0, 0.05) is 11.8 Å². The number of aromatic nitrogens is 1. The number of amides is 2. The van der Waals surface area contributed by atoms with Crippen molar-refractivity contribution in [2.24, 2.45) is 0 Å². The third-order valence-corrected chi connectivity index (χ3v) is 3.58. The lowest BCUT2D eigenvalue weighted by atomic mass is 10.3. The molecule has 0 saturated carbocycles. The highest BCUT2D eigenvalue weighted by Crippen LogP contribution is 2.28. The summed E-state index contributed by atoms with van der Waals surface area (Å²) in [6.07, 6.45) is 0. The summed E-state index contributed by atoms with van der Waals surface area (Å²) >= 11 is 1.00. The van der Waals surface area contributed by atoms with Crippen molar-refractivity contribution in [2.45, 2.75) is 0 Å². The van der Waals surface area contributed by atoms with E-state index < -0.39 is 17.7 Å². The van der Waals surface area contributed by atoms with Crippen LogP contribution in [0.1, 0.15) is 0 Å². The first-order chi connectivity index (χ1) is 10.1. The first kappa shape index (κ1) is 13.4. The van der Waals surface area contributed by atoms with E-state index in [-0.39, 0.29) is 10.6 Å². The molecule has 2 N–H and O–H groups in total. The van der Waals surface area contributed by atoms with Crippen molar-refractivity contribution >= 4 is 38.4 Å². The summed E-state index contributed by atoms with van der Waals surface area (Å²) < 4.78 is 27.0. The van der Waals surface area contributed by atoms with E-state index in [2.05, 4.69) is 15.6 Å². The Bertz CT molecular complexity index is 805. The zero-order valence-electron chi connectivity index (χ0n) is 10.6. The first-order valence-electron chi connectivity index (χ1n) is 6.00. The average Bonchev–Trinajstić information content (AvgIpc) is 2.82. The van der Waals surface area contributed by atoms with E-state index in [4.69, 9.17) is 0 Å². The Balaban J connectivity index is 1.79. The van der Waals surface area contributed by atoms with Crippen LogP contribution in [0.25, 0.3) is 10.2 Å². The molecular formula is C14H9F2N3OS. The third kappa shape index (κ3) is 2.97. The molecule has 2 aromatic carbocycles. The smallest absolute Gasteiger partial charge is 0.308 e. The van der Waals surface area contributed by atoms with Gasteiger partial charge in [0.05, 0.1) is 4.70 Å². The highest BCUT2D eigenvalue weighted by Gasteiger charge is 2.12. The number of nitrogens with zero attached hydrogens (tertiary/aromatic N) is 1. The Kier molecular flexibility index (Phi) is 3.49. The fourth-order valence-electron chi connectivity index (χ4n) is 1.79. The molecule has 0 aliphatic rings. The van der Waals surface area contributed by atoms with Crippen molar-refractivity contribution in [3.05, 3.63) is 54.1 Å². The summed E-state index contributed by atoms with van der Waals surface area (Å²) in [6, 6.07) is 10.3. The minimum atomic E-state index is -0.752. The lowest BCUT2D eigenvalue weighted by Crippen LogP contribution is -2.19. The Morgan fingerprint density at radius 3 is 2.62 bits per heavy atom. The lowest BCUT2D eigenvalue weighted by molar-refractivity contribution is 0.262. The Hall–Kier alpha value is -2.54. The zero-order chi connectivity index (χ0) is 14.8. The third-order valence-electron chi connectivity index (χ3n) is 2.67. The standard InChI is InChI=1S/C14H9F2N3OS/c15-8-6-10(16)12-11(7-8)21-14(18-12)19-13(20)17-9-4-2-1-3-5-9/h1-7H,(H2,17,18,19,20). The van der Waals surface area contributed by atoms with E-state index in [0.29, 0.717) is 10.4 Å². The number of carbonyl (C=O) groups excluding carboxylic acids is 1.